The molecule has 104 valence electrons. The van der Waals surface area contributed by atoms with Gasteiger partial charge in [0.15, 0.2) is 0 Å². The normalized spacial score (nSPS) is 11.0. The average molecular weight is 411 g/mol. The molecule has 2 aromatic rings. The van der Waals surface area contributed by atoms with E-state index < -0.39 is 4.92 Å². The Balaban J connectivity index is 2.50. The predicted octanol–water partition coefficient (Wildman–Crippen LogP) is 4.92. The van der Waals surface area contributed by atoms with Crippen molar-refractivity contribution >= 4 is 51.5 Å². The minimum atomic E-state index is -0.495. The number of benzene rings is 2. The monoisotopic (exact) mass is 410 g/mol. The molecule has 6 heteroatoms. The first-order chi connectivity index (χ1) is 10.0. The number of allylic oxidation sites excluding steroid dienone is 1. The van der Waals surface area contributed by atoms with Crippen molar-refractivity contribution in [1.82, 2.24) is 0 Å². The molecule has 0 aliphatic rings. The summed E-state index contributed by atoms with van der Waals surface area (Å²) in [7, 11) is 0. The molecule has 0 radical (unpaired) electrons. The van der Waals surface area contributed by atoms with E-state index in [9.17, 15) is 15.4 Å². The fourth-order valence-corrected chi connectivity index (χ4v) is 2.25. The zero-order valence-electron chi connectivity index (χ0n) is 10.6. The minimum Gasteiger partial charge on any atom is -0.258 e. The molecule has 0 spiro atoms. The molecule has 0 fully saturated rings. The minimum absolute atomic E-state index is 0.0643. The highest BCUT2D eigenvalue weighted by Gasteiger charge is 2.10. The maximum Gasteiger partial charge on any atom is 0.270 e. The van der Waals surface area contributed by atoms with E-state index in [4.69, 9.17) is 11.6 Å². The lowest BCUT2D eigenvalue weighted by Gasteiger charge is -2.02. The molecule has 0 aliphatic heterocycles. The number of nitro groups is 1. The molecule has 0 aromatic heterocycles. The van der Waals surface area contributed by atoms with Crippen molar-refractivity contribution in [3.8, 4) is 6.07 Å². The lowest BCUT2D eigenvalue weighted by atomic mass is 10.0. The number of nitro benzene ring substituents is 1. The van der Waals surface area contributed by atoms with Crippen LogP contribution in [0.5, 0.6) is 0 Å². The van der Waals surface area contributed by atoms with Crippen molar-refractivity contribution < 1.29 is 4.92 Å². The molecule has 0 saturated heterocycles. The van der Waals surface area contributed by atoms with Crippen LogP contribution in [-0.4, -0.2) is 4.92 Å². The van der Waals surface area contributed by atoms with E-state index in [1.165, 1.54) is 18.2 Å². The molecule has 0 unspecified atom stereocenters. The molecule has 0 bridgehead atoms. The Bertz CT molecular complexity index is 764. The van der Waals surface area contributed by atoms with Gasteiger partial charge in [-0.1, -0.05) is 23.7 Å². The zero-order valence-corrected chi connectivity index (χ0v) is 13.5. The number of non-ortho nitro benzene ring substituents is 1. The zero-order chi connectivity index (χ0) is 15.4. The highest BCUT2D eigenvalue weighted by atomic mass is 127. The maximum absolute atomic E-state index is 10.8. The van der Waals surface area contributed by atoms with E-state index in [1.807, 2.05) is 24.3 Å². The molecular formula is C15H8ClIN2O2. The highest BCUT2D eigenvalue weighted by molar-refractivity contribution is 14.1. The molecule has 2 rings (SSSR count). The summed E-state index contributed by atoms with van der Waals surface area (Å²) in [5.74, 6) is 0. The smallest absolute Gasteiger partial charge is 0.258 e. The SMILES string of the molecule is N#C/C(=C/c1cc([N+](=O)[O-])ccc1Cl)c1ccc(I)cc1. The topological polar surface area (TPSA) is 66.9 Å². The summed E-state index contributed by atoms with van der Waals surface area (Å²) < 4.78 is 1.06. The maximum atomic E-state index is 10.8. The first kappa shape index (κ1) is 15.5. The van der Waals surface area contributed by atoms with Crippen molar-refractivity contribution in [2.75, 3.05) is 0 Å². The van der Waals surface area contributed by atoms with E-state index in [0.29, 0.717) is 16.2 Å². The third kappa shape index (κ3) is 3.80. The van der Waals surface area contributed by atoms with E-state index in [2.05, 4.69) is 28.7 Å². The number of halogens is 2. The van der Waals surface area contributed by atoms with Crippen LogP contribution in [0.1, 0.15) is 11.1 Å². The van der Waals surface area contributed by atoms with Crippen molar-refractivity contribution in [3.63, 3.8) is 0 Å². The van der Waals surface area contributed by atoms with Crippen LogP contribution in [0, 0.1) is 25.0 Å². The predicted molar refractivity (Wildman–Crippen MR) is 90.7 cm³/mol. The standard InChI is InChI=1S/C15H8ClIN2O2/c16-15-6-5-14(19(20)21)8-11(15)7-12(9-18)10-1-3-13(17)4-2-10/h1-8H/b12-7-. The fourth-order valence-electron chi connectivity index (χ4n) is 1.72. The first-order valence-electron chi connectivity index (χ1n) is 5.83. The van der Waals surface area contributed by atoms with Crippen molar-refractivity contribution in [3.05, 3.63) is 72.3 Å². The molecule has 0 saturated carbocycles. The molecular weight excluding hydrogens is 403 g/mol. The van der Waals surface area contributed by atoms with Crippen LogP contribution in [0.15, 0.2) is 42.5 Å². The van der Waals surface area contributed by atoms with Crippen molar-refractivity contribution in [1.29, 1.82) is 5.26 Å². The summed E-state index contributed by atoms with van der Waals surface area (Å²) >= 11 is 8.21. The number of hydrogen-bond acceptors (Lipinski definition) is 3. The molecule has 0 N–H and O–H groups in total. The molecule has 0 atom stereocenters. The van der Waals surface area contributed by atoms with Gasteiger partial charge in [0.2, 0.25) is 0 Å². The Kier molecular flexibility index (Phi) is 4.94. The Morgan fingerprint density at radius 1 is 1.29 bits per heavy atom. The Morgan fingerprint density at radius 2 is 1.95 bits per heavy atom. The van der Waals surface area contributed by atoms with Crippen molar-refractivity contribution in [2.45, 2.75) is 0 Å². The molecule has 0 aliphatic carbocycles. The summed E-state index contributed by atoms with van der Waals surface area (Å²) in [6, 6.07) is 13.6. The van der Waals surface area contributed by atoms with Gasteiger partial charge < -0.3 is 0 Å². The van der Waals surface area contributed by atoms with Gasteiger partial charge in [-0.05, 0) is 52.4 Å². The third-order valence-electron chi connectivity index (χ3n) is 2.77. The molecule has 0 heterocycles. The Hall–Kier alpha value is -1.91. The van der Waals surface area contributed by atoms with Crippen LogP contribution >= 0.6 is 34.2 Å². The van der Waals surface area contributed by atoms with Gasteiger partial charge in [0.25, 0.3) is 5.69 Å². The summed E-state index contributed by atoms with van der Waals surface area (Å²) in [5.41, 5.74) is 1.51. The van der Waals surface area contributed by atoms with Crippen LogP contribution in [0.3, 0.4) is 0 Å². The first-order valence-corrected chi connectivity index (χ1v) is 7.28. The molecule has 0 amide bonds. The second-order valence-electron chi connectivity index (χ2n) is 4.14. The van der Waals surface area contributed by atoms with Gasteiger partial charge in [0, 0.05) is 26.3 Å². The second-order valence-corrected chi connectivity index (χ2v) is 5.79. The summed E-state index contributed by atoms with van der Waals surface area (Å²) in [4.78, 5) is 10.3. The average Bonchev–Trinajstić information content (AvgIpc) is 2.47. The van der Waals surface area contributed by atoms with Crippen LogP contribution < -0.4 is 0 Å². The van der Waals surface area contributed by atoms with Gasteiger partial charge in [-0.15, -0.1) is 0 Å². The van der Waals surface area contributed by atoms with E-state index >= 15 is 0 Å². The van der Waals surface area contributed by atoms with Crippen LogP contribution in [0.25, 0.3) is 11.6 Å². The number of nitrogens with zero attached hydrogens (tertiary/aromatic N) is 2. The van der Waals surface area contributed by atoms with Gasteiger partial charge in [-0.25, -0.2) is 0 Å². The molecule has 4 nitrogen and oxygen atoms in total. The summed E-state index contributed by atoms with van der Waals surface area (Å²) in [6.45, 7) is 0. The summed E-state index contributed by atoms with van der Waals surface area (Å²) in [6.07, 6.45) is 1.55. The van der Waals surface area contributed by atoms with E-state index in [-0.39, 0.29) is 5.69 Å². The van der Waals surface area contributed by atoms with Gasteiger partial charge in [0.05, 0.1) is 16.6 Å². The third-order valence-corrected chi connectivity index (χ3v) is 3.83. The van der Waals surface area contributed by atoms with Crippen LogP contribution in [0.4, 0.5) is 5.69 Å². The van der Waals surface area contributed by atoms with Gasteiger partial charge in [0.1, 0.15) is 0 Å². The van der Waals surface area contributed by atoms with Crippen LogP contribution in [0.2, 0.25) is 5.02 Å². The number of hydrogen-bond donors (Lipinski definition) is 0. The van der Waals surface area contributed by atoms with Gasteiger partial charge in [-0.3, -0.25) is 10.1 Å². The number of nitriles is 1. The lowest BCUT2D eigenvalue weighted by Crippen LogP contribution is -1.89. The Morgan fingerprint density at radius 3 is 2.52 bits per heavy atom. The van der Waals surface area contributed by atoms with Crippen LogP contribution in [-0.2, 0) is 0 Å². The molecule has 2 aromatic carbocycles. The van der Waals surface area contributed by atoms with E-state index in [1.54, 1.807) is 6.08 Å². The number of rotatable bonds is 3. The largest absolute Gasteiger partial charge is 0.270 e. The van der Waals surface area contributed by atoms with Gasteiger partial charge >= 0.3 is 0 Å². The quantitative estimate of drug-likeness (QED) is 0.237. The summed E-state index contributed by atoms with van der Waals surface area (Å²) in [5, 5.41) is 20.4. The second kappa shape index (κ2) is 6.70. The van der Waals surface area contributed by atoms with Crippen molar-refractivity contribution in [2.24, 2.45) is 0 Å². The lowest BCUT2D eigenvalue weighted by molar-refractivity contribution is -0.384. The van der Waals surface area contributed by atoms with Gasteiger partial charge in [-0.2, -0.15) is 5.26 Å². The Labute approximate surface area is 140 Å². The van der Waals surface area contributed by atoms with E-state index in [0.717, 1.165) is 9.13 Å². The molecule has 21 heavy (non-hydrogen) atoms. The highest BCUT2D eigenvalue weighted by Crippen LogP contribution is 2.26. The fraction of sp³-hybridized carbons (Fsp3) is 0.